The summed E-state index contributed by atoms with van der Waals surface area (Å²) in [7, 11) is 0. The number of rotatable bonds is 9. The van der Waals surface area contributed by atoms with Crippen molar-refractivity contribution in [1.82, 2.24) is 5.32 Å². The van der Waals surface area contributed by atoms with Gasteiger partial charge in [-0.2, -0.15) is 11.8 Å². The van der Waals surface area contributed by atoms with Crippen LogP contribution in [0.1, 0.15) is 64.7 Å². The average Bonchev–Trinajstić information content (AvgIpc) is 2.76. The highest BCUT2D eigenvalue weighted by Gasteiger charge is 2.22. The van der Waals surface area contributed by atoms with Gasteiger partial charge in [0, 0.05) is 11.3 Å². The molecule has 96 valence electrons. The topological polar surface area (TPSA) is 12.0 Å². The van der Waals surface area contributed by atoms with Gasteiger partial charge in [0.15, 0.2) is 0 Å². The lowest BCUT2D eigenvalue weighted by molar-refractivity contribution is 0.498. The molecule has 16 heavy (non-hydrogen) atoms. The van der Waals surface area contributed by atoms with Gasteiger partial charge in [0.25, 0.3) is 0 Å². The number of nitrogens with one attached hydrogen (secondary N) is 1. The predicted molar refractivity (Wildman–Crippen MR) is 76.3 cm³/mol. The van der Waals surface area contributed by atoms with Crippen LogP contribution in [0.15, 0.2) is 0 Å². The summed E-state index contributed by atoms with van der Waals surface area (Å²) < 4.78 is 0. The van der Waals surface area contributed by atoms with E-state index in [9.17, 15) is 0 Å². The normalized spacial score (nSPS) is 25.1. The predicted octanol–water partition coefficient (Wildman–Crippen LogP) is 4.22. The lowest BCUT2D eigenvalue weighted by atomic mass is 10.1. The third-order valence-electron chi connectivity index (χ3n) is 3.68. The van der Waals surface area contributed by atoms with Crippen LogP contribution in [0.5, 0.6) is 0 Å². The third kappa shape index (κ3) is 6.15. The second-order valence-corrected chi connectivity index (χ2v) is 6.23. The van der Waals surface area contributed by atoms with Crippen LogP contribution >= 0.6 is 11.8 Å². The van der Waals surface area contributed by atoms with Gasteiger partial charge >= 0.3 is 0 Å². The summed E-state index contributed by atoms with van der Waals surface area (Å²) in [6.45, 7) is 3.53. The first-order valence-electron chi connectivity index (χ1n) is 7.13. The van der Waals surface area contributed by atoms with Crippen LogP contribution in [-0.4, -0.2) is 24.1 Å². The fourth-order valence-corrected chi connectivity index (χ4v) is 3.35. The molecule has 0 aromatic carbocycles. The molecule has 0 radical (unpaired) electrons. The summed E-state index contributed by atoms with van der Waals surface area (Å²) in [6, 6.07) is 0.827. The van der Waals surface area contributed by atoms with E-state index in [4.69, 9.17) is 0 Å². The molecule has 1 saturated carbocycles. The molecule has 0 spiro atoms. The molecule has 1 aliphatic rings. The summed E-state index contributed by atoms with van der Waals surface area (Å²) >= 11 is 2.05. The fraction of sp³-hybridized carbons (Fsp3) is 1.00. The monoisotopic (exact) mass is 243 g/mol. The Labute approximate surface area is 106 Å². The van der Waals surface area contributed by atoms with Gasteiger partial charge in [0.1, 0.15) is 0 Å². The molecule has 2 unspecified atom stereocenters. The van der Waals surface area contributed by atoms with Crippen LogP contribution in [0.3, 0.4) is 0 Å². The molecule has 1 aliphatic carbocycles. The van der Waals surface area contributed by atoms with E-state index in [1.807, 2.05) is 11.8 Å². The first-order valence-corrected chi connectivity index (χ1v) is 8.41. The largest absolute Gasteiger partial charge is 0.314 e. The van der Waals surface area contributed by atoms with E-state index in [1.54, 1.807) is 0 Å². The Kier molecular flexibility index (Phi) is 8.40. The standard InChI is InChI=1S/C14H29NS/c1-3-4-5-6-7-8-11-15-13-9-10-14(12-13)16-2/h13-15H,3-12H2,1-2H3. The van der Waals surface area contributed by atoms with Gasteiger partial charge in [-0.15, -0.1) is 0 Å². The van der Waals surface area contributed by atoms with E-state index in [0.29, 0.717) is 0 Å². The smallest absolute Gasteiger partial charge is 0.00779 e. The molecule has 1 rings (SSSR count). The molecule has 2 atom stereocenters. The fourth-order valence-electron chi connectivity index (χ4n) is 2.55. The Morgan fingerprint density at radius 2 is 1.81 bits per heavy atom. The van der Waals surface area contributed by atoms with E-state index in [1.165, 1.54) is 64.3 Å². The quantitative estimate of drug-likeness (QED) is 0.609. The van der Waals surface area contributed by atoms with E-state index in [2.05, 4.69) is 18.5 Å². The molecule has 0 aromatic heterocycles. The molecule has 0 heterocycles. The minimum atomic E-state index is 0.827. The molecular formula is C14H29NS. The maximum Gasteiger partial charge on any atom is 0.00779 e. The van der Waals surface area contributed by atoms with Crippen molar-refractivity contribution in [3.63, 3.8) is 0 Å². The average molecular weight is 243 g/mol. The summed E-state index contributed by atoms with van der Waals surface area (Å²) in [5.41, 5.74) is 0. The summed E-state index contributed by atoms with van der Waals surface area (Å²) in [5.74, 6) is 0. The summed E-state index contributed by atoms with van der Waals surface area (Å²) in [4.78, 5) is 0. The van der Waals surface area contributed by atoms with Crippen molar-refractivity contribution in [2.45, 2.75) is 76.0 Å². The van der Waals surface area contributed by atoms with Gasteiger partial charge in [-0.1, -0.05) is 39.0 Å². The van der Waals surface area contributed by atoms with Crippen LogP contribution in [0.25, 0.3) is 0 Å². The molecule has 1 fully saturated rings. The van der Waals surface area contributed by atoms with Crippen molar-refractivity contribution in [1.29, 1.82) is 0 Å². The van der Waals surface area contributed by atoms with Gasteiger partial charge in [0.2, 0.25) is 0 Å². The second kappa shape index (κ2) is 9.35. The minimum absolute atomic E-state index is 0.827. The highest BCUT2D eigenvalue weighted by molar-refractivity contribution is 7.99. The zero-order valence-electron chi connectivity index (χ0n) is 11.1. The maximum atomic E-state index is 3.72. The number of unbranched alkanes of at least 4 members (excludes halogenated alkanes) is 5. The van der Waals surface area contributed by atoms with Crippen molar-refractivity contribution in [2.24, 2.45) is 0 Å². The van der Waals surface area contributed by atoms with E-state index in [-0.39, 0.29) is 0 Å². The van der Waals surface area contributed by atoms with Crippen molar-refractivity contribution >= 4 is 11.8 Å². The van der Waals surface area contributed by atoms with Crippen molar-refractivity contribution in [3.05, 3.63) is 0 Å². The van der Waals surface area contributed by atoms with E-state index >= 15 is 0 Å². The molecule has 0 aromatic rings. The van der Waals surface area contributed by atoms with E-state index < -0.39 is 0 Å². The Morgan fingerprint density at radius 3 is 2.50 bits per heavy atom. The van der Waals surface area contributed by atoms with Gasteiger partial charge in [-0.3, -0.25) is 0 Å². The van der Waals surface area contributed by atoms with Crippen LogP contribution in [0.2, 0.25) is 0 Å². The SMILES string of the molecule is CCCCCCCCNC1CCC(SC)C1. The van der Waals surface area contributed by atoms with Crippen molar-refractivity contribution in [3.8, 4) is 0 Å². The highest BCUT2D eigenvalue weighted by Crippen LogP contribution is 2.28. The Bertz CT molecular complexity index is 161. The minimum Gasteiger partial charge on any atom is -0.314 e. The Morgan fingerprint density at radius 1 is 1.06 bits per heavy atom. The maximum absolute atomic E-state index is 3.72. The van der Waals surface area contributed by atoms with Crippen LogP contribution in [0.4, 0.5) is 0 Å². The first kappa shape index (κ1) is 14.4. The zero-order chi connectivity index (χ0) is 11.6. The molecule has 0 amide bonds. The lowest BCUT2D eigenvalue weighted by Gasteiger charge is -2.12. The molecule has 1 N–H and O–H groups in total. The highest BCUT2D eigenvalue weighted by atomic mass is 32.2. The van der Waals surface area contributed by atoms with Gasteiger partial charge in [0.05, 0.1) is 0 Å². The van der Waals surface area contributed by atoms with Crippen molar-refractivity contribution in [2.75, 3.05) is 12.8 Å². The molecular weight excluding hydrogens is 214 g/mol. The zero-order valence-corrected chi connectivity index (χ0v) is 12.0. The third-order valence-corrected chi connectivity index (χ3v) is 4.78. The summed E-state index contributed by atoms with van der Waals surface area (Å²) in [6.07, 6.45) is 14.9. The van der Waals surface area contributed by atoms with Crippen LogP contribution in [0, 0.1) is 0 Å². The lowest BCUT2D eigenvalue weighted by Crippen LogP contribution is -2.27. The first-order chi connectivity index (χ1) is 7.86. The van der Waals surface area contributed by atoms with E-state index in [0.717, 1.165) is 11.3 Å². The molecule has 2 heteroatoms. The van der Waals surface area contributed by atoms with Crippen molar-refractivity contribution < 1.29 is 0 Å². The van der Waals surface area contributed by atoms with Crippen LogP contribution < -0.4 is 5.32 Å². The summed E-state index contributed by atoms with van der Waals surface area (Å²) in [5, 5.41) is 4.66. The number of thioether (sulfide) groups is 1. The number of hydrogen-bond acceptors (Lipinski definition) is 2. The van der Waals surface area contributed by atoms with Gasteiger partial charge < -0.3 is 5.32 Å². The number of hydrogen-bond donors (Lipinski definition) is 1. The van der Waals surface area contributed by atoms with Crippen LogP contribution in [-0.2, 0) is 0 Å². The second-order valence-electron chi connectivity index (χ2n) is 5.09. The van der Waals surface area contributed by atoms with Gasteiger partial charge in [-0.05, 0) is 38.5 Å². The molecule has 0 aliphatic heterocycles. The Hall–Kier alpha value is 0.310. The molecule has 0 bridgehead atoms. The molecule has 1 nitrogen and oxygen atoms in total. The molecule has 0 saturated heterocycles. The van der Waals surface area contributed by atoms with Gasteiger partial charge in [-0.25, -0.2) is 0 Å². The Balaban J connectivity index is 1.84.